The van der Waals surface area contributed by atoms with E-state index in [1.165, 1.54) is 0 Å². The first kappa shape index (κ1) is 14.7. The molecule has 1 saturated heterocycles. The monoisotopic (exact) mass is 279 g/mol. The predicted molar refractivity (Wildman–Crippen MR) is 76.3 cm³/mol. The Labute approximate surface area is 119 Å². The van der Waals surface area contributed by atoms with Crippen molar-refractivity contribution in [2.24, 2.45) is 5.92 Å². The highest BCUT2D eigenvalue weighted by Gasteiger charge is 2.18. The summed E-state index contributed by atoms with van der Waals surface area (Å²) in [4.78, 5) is 12.1. The molecule has 110 valence electrons. The molecule has 5 heteroatoms. The van der Waals surface area contributed by atoms with Gasteiger partial charge in [-0.3, -0.25) is 4.79 Å². The molecule has 1 N–H and O–H groups in total. The number of hydrogen-bond donors (Lipinski definition) is 1. The molecule has 20 heavy (non-hydrogen) atoms. The van der Waals surface area contributed by atoms with Gasteiger partial charge in [-0.05, 0) is 30.9 Å². The van der Waals surface area contributed by atoms with E-state index >= 15 is 0 Å². The summed E-state index contributed by atoms with van der Waals surface area (Å²) in [5.41, 5.74) is 0.643. The highest BCUT2D eigenvalue weighted by Crippen LogP contribution is 2.29. The van der Waals surface area contributed by atoms with Crippen molar-refractivity contribution >= 4 is 11.6 Å². The van der Waals surface area contributed by atoms with Crippen LogP contribution in [0.4, 0.5) is 5.69 Å². The van der Waals surface area contributed by atoms with E-state index in [1.54, 1.807) is 32.4 Å². The maximum atomic E-state index is 12.1. The SMILES string of the molecule is COc1ccc(OC)c(NC(=O)CC2CCOCC2)c1. The van der Waals surface area contributed by atoms with Crippen LogP contribution >= 0.6 is 0 Å². The molecule has 0 aliphatic carbocycles. The third-order valence-electron chi connectivity index (χ3n) is 3.50. The lowest BCUT2D eigenvalue weighted by molar-refractivity contribution is -0.117. The van der Waals surface area contributed by atoms with E-state index in [0.29, 0.717) is 29.5 Å². The first-order chi connectivity index (χ1) is 9.72. The molecule has 1 aromatic carbocycles. The van der Waals surface area contributed by atoms with Gasteiger partial charge >= 0.3 is 0 Å². The second kappa shape index (κ2) is 7.14. The molecule has 0 unspecified atom stereocenters. The van der Waals surface area contributed by atoms with Gasteiger partial charge in [-0.25, -0.2) is 0 Å². The zero-order valence-electron chi connectivity index (χ0n) is 12.0. The van der Waals surface area contributed by atoms with Crippen LogP contribution in [-0.4, -0.2) is 33.3 Å². The smallest absolute Gasteiger partial charge is 0.224 e. The summed E-state index contributed by atoms with van der Waals surface area (Å²) in [6.45, 7) is 1.50. The molecule has 0 atom stereocenters. The number of methoxy groups -OCH3 is 2. The Balaban J connectivity index is 1.98. The minimum atomic E-state index is 0.00320. The number of amides is 1. The summed E-state index contributed by atoms with van der Waals surface area (Å²) in [5.74, 6) is 1.72. The average molecular weight is 279 g/mol. The van der Waals surface area contributed by atoms with Crippen molar-refractivity contribution < 1.29 is 19.0 Å². The highest BCUT2D eigenvalue weighted by atomic mass is 16.5. The van der Waals surface area contributed by atoms with Gasteiger partial charge in [0, 0.05) is 25.7 Å². The number of ether oxygens (including phenoxy) is 3. The van der Waals surface area contributed by atoms with Crippen molar-refractivity contribution in [2.45, 2.75) is 19.3 Å². The van der Waals surface area contributed by atoms with Crippen LogP contribution in [0.15, 0.2) is 18.2 Å². The van der Waals surface area contributed by atoms with Crippen LogP contribution < -0.4 is 14.8 Å². The molecule has 1 aliphatic heterocycles. The van der Waals surface area contributed by atoms with E-state index < -0.39 is 0 Å². The van der Waals surface area contributed by atoms with Crippen molar-refractivity contribution in [2.75, 3.05) is 32.8 Å². The quantitative estimate of drug-likeness (QED) is 0.899. The van der Waals surface area contributed by atoms with E-state index in [9.17, 15) is 4.79 Å². The van der Waals surface area contributed by atoms with E-state index in [2.05, 4.69) is 5.32 Å². The van der Waals surface area contributed by atoms with Gasteiger partial charge in [0.05, 0.1) is 19.9 Å². The second-order valence-electron chi connectivity index (χ2n) is 4.87. The van der Waals surface area contributed by atoms with Crippen LogP contribution in [0.3, 0.4) is 0 Å². The molecule has 1 fully saturated rings. The van der Waals surface area contributed by atoms with Crippen LogP contribution in [0.25, 0.3) is 0 Å². The maximum absolute atomic E-state index is 12.1. The third-order valence-corrected chi connectivity index (χ3v) is 3.50. The zero-order chi connectivity index (χ0) is 14.4. The number of hydrogen-bond acceptors (Lipinski definition) is 4. The summed E-state index contributed by atoms with van der Waals surface area (Å²) >= 11 is 0. The average Bonchev–Trinajstić information content (AvgIpc) is 2.48. The number of benzene rings is 1. The van der Waals surface area contributed by atoms with Crippen molar-refractivity contribution in [3.05, 3.63) is 18.2 Å². The van der Waals surface area contributed by atoms with Crippen molar-refractivity contribution in [3.63, 3.8) is 0 Å². The summed E-state index contributed by atoms with van der Waals surface area (Å²) in [6.07, 6.45) is 2.41. The molecule has 0 aromatic heterocycles. The van der Waals surface area contributed by atoms with E-state index in [-0.39, 0.29) is 5.91 Å². The molecule has 0 saturated carbocycles. The first-order valence-electron chi connectivity index (χ1n) is 6.82. The normalized spacial score (nSPS) is 15.7. The van der Waals surface area contributed by atoms with Gasteiger partial charge in [-0.2, -0.15) is 0 Å². The van der Waals surface area contributed by atoms with Crippen LogP contribution in [0.1, 0.15) is 19.3 Å². The Morgan fingerprint density at radius 1 is 1.30 bits per heavy atom. The van der Waals surface area contributed by atoms with Gasteiger partial charge in [0.25, 0.3) is 0 Å². The van der Waals surface area contributed by atoms with E-state index in [1.807, 2.05) is 0 Å². The maximum Gasteiger partial charge on any atom is 0.224 e. The van der Waals surface area contributed by atoms with E-state index in [0.717, 1.165) is 26.1 Å². The number of carbonyl (C=O) groups is 1. The fourth-order valence-corrected chi connectivity index (χ4v) is 2.33. The zero-order valence-corrected chi connectivity index (χ0v) is 12.0. The van der Waals surface area contributed by atoms with E-state index in [4.69, 9.17) is 14.2 Å². The summed E-state index contributed by atoms with van der Waals surface area (Å²) in [6, 6.07) is 5.34. The molecule has 0 radical (unpaired) electrons. The molecule has 2 rings (SSSR count). The lowest BCUT2D eigenvalue weighted by atomic mass is 9.96. The minimum absolute atomic E-state index is 0.00320. The van der Waals surface area contributed by atoms with Crippen molar-refractivity contribution in [1.82, 2.24) is 0 Å². The van der Waals surface area contributed by atoms with Gasteiger partial charge in [-0.1, -0.05) is 0 Å². The first-order valence-corrected chi connectivity index (χ1v) is 6.82. The molecule has 1 aromatic rings. The molecule has 1 heterocycles. The van der Waals surface area contributed by atoms with Gasteiger partial charge in [0.1, 0.15) is 11.5 Å². The Morgan fingerprint density at radius 3 is 2.70 bits per heavy atom. The molecule has 5 nitrogen and oxygen atoms in total. The Morgan fingerprint density at radius 2 is 2.05 bits per heavy atom. The fourth-order valence-electron chi connectivity index (χ4n) is 2.33. The molecular formula is C15H21NO4. The predicted octanol–water partition coefficient (Wildman–Crippen LogP) is 2.46. The Hall–Kier alpha value is -1.75. The summed E-state index contributed by atoms with van der Waals surface area (Å²) in [7, 11) is 3.17. The number of nitrogens with one attached hydrogen (secondary N) is 1. The molecule has 0 spiro atoms. The molecule has 0 bridgehead atoms. The van der Waals surface area contributed by atoms with Crippen molar-refractivity contribution in [3.8, 4) is 11.5 Å². The highest BCUT2D eigenvalue weighted by molar-refractivity contribution is 5.92. The van der Waals surface area contributed by atoms with Gasteiger partial charge in [0.2, 0.25) is 5.91 Å². The van der Waals surface area contributed by atoms with Crippen molar-refractivity contribution in [1.29, 1.82) is 0 Å². The van der Waals surface area contributed by atoms with Gasteiger partial charge < -0.3 is 19.5 Å². The molecular weight excluding hydrogens is 258 g/mol. The van der Waals surface area contributed by atoms with Crippen LogP contribution in [0.5, 0.6) is 11.5 Å². The number of carbonyl (C=O) groups excluding carboxylic acids is 1. The molecule has 1 amide bonds. The largest absolute Gasteiger partial charge is 0.497 e. The fraction of sp³-hybridized carbons (Fsp3) is 0.533. The topological polar surface area (TPSA) is 56.8 Å². The minimum Gasteiger partial charge on any atom is -0.497 e. The standard InChI is InChI=1S/C15H21NO4/c1-18-12-3-4-14(19-2)13(10-12)16-15(17)9-11-5-7-20-8-6-11/h3-4,10-11H,5-9H2,1-2H3,(H,16,17). The van der Waals surface area contributed by atoms with Crippen LogP contribution in [0.2, 0.25) is 0 Å². The lowest BCUT2D eigenvalue weighted by Gasteiger charge is -2.21. The number of anilines is 1. The third kappa shape index (κ3) is 3.87. The van der Waals surface area contributed by atoms with Gasteiger partial charge in [0.15, 0.2) is 0 Å². The summed E-state index contributed by atoms with van der Waals surface area (Å²) in [5, 5.41) is 2.90. The molecule has 1 aliphatic rings. The van der Waals surface area contributed by atoms with Crippen LogP contribution in [0, 0.1) is 5.92 Å². The van der Waals surface area contributed by atoms with Gasteiger partial charge in [-0.15, -0.1) is 0 Å². The summed E-state index contributed by atoms with van der Waals surface area (Å²) < 4.78 is 15.7. The van der Waals surface area contributed by atoms with Crippen LogP contribution in [-0.2, 0) is 9.53 Å². The number of rotatable bonds is 5. The Kier molecular flexibility index (Phi) is 5.24. The second-order valence-corrected chi connectivity index (χ2v) is 4.87. The lowest BCUT2D eigenvalue weighted by Crippen LogP contribution is -2.22. The Bertz CT molecular complexity index is 455.